The lowest BCUT2D eigenvalue weighted by Gasteiger charge is -2.15. The monoisotopic (exact) mass is 447 g/mol. The Bertz CT molecular complexity index is 1460. The predicted molar refractivity (Wildman–Crippen MR) is 135 cm³/mol. The molecule has 0 aliphatic carbocycles. The number of hydrogen-bond donors (Lipinski definition) is 3. The number of rotatable bonds is 7. The molecule has 0 aliphatic rings. The van der Waals surface area contributed by atoms with Crippen LogP contribution in [0.5, 0.6) is 0 Å². The Morgan fingerprint density at radius 2 is 1.47 bits per heavy atom. The number of fused-ring (bicyclic) bond motifs is 1. The molecule has 0 atom stereocenters. The highest BCUT2D eigenvalue weighted by Gasteiger charge is 2.18. The van der Waals surface area contributed by atoms with Gasteiger partial charge in [-0.05, 0) is 42.5 Å². The van der Waals surface area contributed by atoms with Gasteiger partial charge in [0.05, 0.1) is 17.6 Å². The molecule has 5 aromatic rings. The summed E-state index contributed by atoms with van der Waals surface area (Å²) in [6.07, 6.45) is 2.90. The zero-order valence-electron chi connectivity index (χ0n) is 18.1. The summed E-state index contributed by atoms with van der Waals surface area (Å²) in [5.74, 6) is 0.655. The molecule has 0 radical (unpaired) electrons. The average Bonchev–Trinajstić information content (AvgIpc) is 3.22. The highest BCUT2D eigenvalue weighted by Crippen LogP contribution is 2.30. The second-order valence-corrected chi connectivity index (χ2v) is 7.37. The van der Waals surface area contributed by atoms with Crippen molar-refractivity contribution < 1.29 is 4.79 Å². The van der Waals surface area contributed by atoms with Crippen LogP contribution in [0.4, 0.5) is 29.0 Å². The average molecular weight is 448 g/mol. The fraction of sp³-hybridized carbons (Fsp3) is 0. The molecule has 0 saturated carbocycles. The first kappa shape index (κ1) is 20.9. The van der Waals surface area contributed by atoms with Crippen molar-refractivity contribution in [3.05, 3.63) is 104 Å². The van der Waals surface area contributed by atoms with Gasteiger partial charge >= 0.3 is 0 Å². The highest BCUT2D eigenvalue weighted by atomic mass is 16.1. The minimum atomic E-state index is -0.310. The van der Waals surface area contributed by atoms with Gasteiger partial charge in [0.1, 0.15) is 5.52 Å². The summed E-state index contributed by atoms with van der Waals surface area (Å²) in [5.41, 5.74) is 4.20. The minimum Gasteiger partial charge on any atom is -0.325 e. The Hall–Kier alpha value is -4.98. The maximum absolute atomic E-state index is 12.1. The molecule has 34 heavy (non-hydrogen) atoms. The predicted octanol–water partition coefficient (Wildman–Crippen LogP) is 5.43. The van der Waals surface area contributed by atoms with E-state index in [1.165, 1.54) is 6.08 Å². The van der Waals surface area contributed by atoms with Gasteiger partial charge in [-0.15, -0.1) is 0 Å². The van der Waals surface area contributed by atoms with Crippen molar-refractivity contribution in [3.8, 4) is 5.69 Å². The van der Waals surface area contributed by atoms with E-state index in [0.717, 1.165) is 11.4 Å². The Balaban J connectivity index is 1.66. The maximum atomic E-state index is 12.1. The molecule has 0 spiro atoms. The lowest BCUT2D eigenvalue weighted by Crippen LogP contribution is -2.11. The number of amides is 1. The fourth-order valence-electron chi connectivity index (χ4n) is 3.51. The number of imidazole rings is 1. The molecule has 3 N–H and O–H groups in total. The SMILES string of the molecule is C=CC(=O)Nc1ccccc1-n1c(Nc2ccccc2)nc2cnc(Nc3ccccc3)nc21. The van der Waals surface area contributed by atoms with E-state index < -0.39 is 0 Å². The van der Waals surface area contributed by atoms with Crippen molar-refractivity contribution in [3.63, 3.8) is 0 Å². The van der Waals surface area contributed by atoms with E-state index >= 15 is 0 Å². The second kappa shape index (κ2) is 9.25. The standard InChI is InChI=1S/C26H21N7O/c1-2-23(34)30-20-15-9-10-16-22(20)33-24-21(31-26(33)29-19-13-7-4-8-14-19)17-27-25(32-24)28-18-11-5-3-6-12-18/h2-17H,1H2,(H,29,31)(H,30,34)(H,27,28,32). The van der Waals surface area contributed by atoms with Crippen molar-refractivity contribution in [1.82, 2.24) is 19.5 Å². The molecular weight excluding hydrogens is 426 g/mol. The molecule has 0 aliphatic heterocycles. The van der Waals surface area contributed by atoms with E-state index in [9.17, 15) is 4.79 Å². The van der Waals surface area contributed by atoms with Gasteiger partial charge in [-0.2, -0.15) is 4.98 Å². The third-order valence-electron chi connectivity index (χ3n) is 5.05. The number of hydrogen-bond acceptors (Lipinski definition) is 6. The lowest BCUT2D eigenvalue weighted by atomic mass is 10.2. The van der Waals surface area contributed by atoms with Gasteiger partial charge in [0.2, 0.25) is 17.8 Å². The second-order valence-electron chi connectivity index (χ2n) is 7.37. The number of nitrogens with zero attached hydrogens (tertiary/aromatic N) is 4. The van der Waals surface area contributed by atoms with Gasteiger partial charge in [-0.3, -0.25) is 9.36 Å². The molecule has 166 valence electrons. The summed E-state index contributed by atoms with van der Waals surface area (Å²) in [6.45, 7) is 3.55. The molecule has 1 amide bonds. The number of benzene rings is 3. The van der Waals surface area contributed by atoms with E-state index in [1.807, 2.05) is 89.5 Å². The van der Waals surface area contributed by atoms with Crippen LogP contribution in [0, 0.1) is 0 Å². The van der Waals surface area contributed by atoms with E-state index in [1.54, 1.807) is 6.20 Å². The minimum absolute atomic E-state index is 0.310. The van der Waals surface area contributed by atoms with Crippen molar-refractivity contribution >= 4 is 46.0 Å². The first-order valence-electron chi connectivity index (χ1n) is 10.6. The van der Waals surface area contributed by atoms with Crippen LogP contribution < -0.4 is 16.0 Å². The summed E-state index contributed by atoms with van der Waals surface area (Å²) in [5, 5.41) is 9.44. The number of nitrogens with one attached hydrogen (secondary N) is 3. The van der Waals surface area contributed by atoms with Crippen molar-refractivity contribution in [2.45, 2.75) is 0 Å². The summed E-state index contributed by atoms with van der Waals surface area (Å²) in [4.78, 5) is 26.0. The zero-order valence-corrected chi connectivity index (χ0v) is 18.1. The molecule has 2 aromatic heterocycles. The van der Waals surface area contributed by atoms with Crippen molar-refractivity contribution in [2.75, 3.05) is 16.0 Å². The first-order valence-corrected chi connectivity index (χ1v) is 10.6. The molecule has 3 aromatic carbocycles. The lowest BCUT2D eigenvalue weighted by molar-refractivity contribution is -0.111. The van der Waals surface area contributed by atoms with Crippen LogP contribution in [0.15, 0.2) is 104 Å². The molecule has 0 bridgehead atoms. The van der Waals surface area contributed by atoms with Crippen molar-refractivity contribution in [2.24, 2.45) is 0 Å². The molecule has 0 fully saturated rings. The Kier molecular flexibility index (Phi) is 5.69. The van der Waals surface area contributed by atoms with E-state index in [4.69, 9.17) is 9.97 Å². The molecule has 8 nitrogen and oxygen atoms in total. The maximum Gasteiger partial charge on any atom is 0.247 e. The van der Waals surface area contributed by atoms with Gasteiger partial charge in [0.25, 0.3) is 0 Å². The van der Waals surface area contributed by atoms with E-state index in [2.05, 4.69) is 27.5 Å². The Labute approximate surface area is 196 Å². The molecule has 2 heterocycles. The van der Waals surface area contributed by atoms with E-state index in [-0.39, 0.29) is 5.91 Å². The van der Waals surface area contributed by atoms with Crippen LogP contribution in [-0.2, 0) is 4.79 Å². The third-order valence-corrected chi connectivity index (χ3v) is 5.05. The zero-order chi connectivity index (χ0) is 23.3. The fourth-order valence-corrected chi connectivity index (χ4v) is 3.51. The highest BCUT2D eigenvalue weighted by molar-refractivity contribution is 6.00. The summed E-state index contributed by atoms with van der Waals surface area (Å²) in [6, 6.07) is 26.9. The summed E-state index contributed by atoms with van der Waals surface area (Å²) < 4.78 is 1.86. The quantitative estimate of drug-likeness (QED) is 0.288. The number of para-hydroxylation sites is 4. The van der Waals surface area contributed by atoms with Crippen LogP contribution in [-0.4, -0.2) is 25.4 Å². The smallest absolute Gasteiger partial charge is 0.247 e. The van der Waals surface area contributed by atoms with Gasteiger partial charge < -0.3 is 16.0 Å². The summed E-state index contributed by atoms with van der Waals surface area (Å²) in [7, 11) is 0. The Morgan fingerprint density at radius 1 is 0.824 bits per heavy atom. The van der Waals surface area contributed by atoms with Gasteiger partial charge in [-0.1, -0.05) is 55.1 Å². The normalized spacial score (nSPS) is 10.6. The van der Waals surface area contributed by atoms with Crippen LogP contribution in [0.2, 0.25) is 0 Å². The van der Waals surface area contributed by atoms with E-state index in [0.29, 0.717) is 34.4 Å². The summed E-state index contributed by atoms with van der Waals surface area (Å²) >= 11 is 0. The van der Waals surface area contributed by atoms with Gasteiger partial charge in [0.15, 0.2) is 5.65 Å². The van der Waals surface area contributed by atoms with Crippen LogP contribution >= 0.6 is 0 Å². The number of carbonyl (C=O) groups is 1. The topological polar surface area (TPSA) is 96.8 Å². The molecule has 5 rings (SSSR count). The molecule has 0 saturated heterocycles. The van der Waals surface area contributed by atoms with Gasteiger partial charge in [0, 0.05) is 11.4 Å². The molecule has 8 heteroatoms. The van der Waals surface area contributed by atoms with Crippen LogP contribution in [0.1, 0.15) is 0 Å². The Morgan fingerprint density at radius 3 is 2.18 bits per heavy atom. The largest absolute Gasteiger partial charge is 0.325 e. The number of aromatic nitrogens is 4. The number of anilines is 5. The number of carbonyl (C=O) groups excluding carboxylic acids is 1. The molecular formula is C26H21N7O. The van der Waals surface area contributed by atoms with Crippen LogP contribution in [0.3, 0.4) is 0 Å². The van der Waals surface area contributed by atoms with Gasteiger partial charge in [-0.25, -0.2) is 9.97 Å². The first-order chi connectivity index (χ1) is 16.7. The third kappa shape index (κ3) is 4.33. The van der Waals surface area contributed by atoms with Crippen molar-refractivity contribution in [1.29, 1.82) is 0 Å². The van der Waals surface area contributed by atoms with Crippen LogP contribution in [0.25, 0.3) is 16.9 Å². The molecule has 0 unspecified atom stereocenters.